The molecule has 3 aromatic rings. The molecule has 0 amide bonds. The van der Waals surface area contributed by atoms with Gasteiger partial charge < -0.3 is 14.3 Å². The second kappa shape index (κ2) is 4.74. The highest BCUT2D eigenvalue weighted by molar-refractivity contribution is 5.88. The number of phenols is 1. The smallest absolute Gasteiger partial charge is 0.204 e. The van der Waals surface area contributed by atoms with E-state index in [1.165, 1.54) is 25.5 Å². The van der Waals surface area contributed by atoms with Gasteiger partial charge in [0, 0.05) is 12.1 Å². The first kappa shape index (κ1) is 12.3. The number of methoxy groups -OCH3 is 1. The van der Waals surface area contributed by atoms with Crippen LogP contribution >= 0.6 is 0 Å². The van der Waals surface area contributed by atoms with E-state index in [4.69, 9.17) is 9.15 Å². The number of aromatic hydroxyl groups is 1. The fourth-order valence-electron chi connectivity index (χ4n) is 2.18. The van der Waals surface area contributed by atoms with Crippen molar-refractivity contribution in [1.82, 2.24) is 0 Å². The molecule has 4 heteroatoms. The minimum absolute atomic E-state index is 0.00930. The fraction of sp³-hybridized carbons (Fsp3) is 0.0625. The maximum absolute atomic E-state index is 12.6. The van der Waals surface area contributed by atoms with Crippen LogP contribution in [0.4, 0.5) is 0 Å². The predicted octanol–water partition coefficient (Wildman–Crippen LogP) is 3.17. The monoisotopic (exact) mass is 268 g/mol. The van der Waals surface area contributed by atoms with E-state index < -0.39 is 0 Å². The molecule has 0 aliphatic heterocycles. The Hall–Kier alpha value is -2.75. The van der Waals surface area contributed by atoms with Gasteiger partial charge in [-0.15, -0.1) is 0 Å². The van der Waals surface area contributed by atoms with Gasteiger partial charge in [-0.1, -0.05) is 30.3 Å². The lowest BCUT2D eigenvalue weighted by Gasteiger charge is -2.07. The first-order valence-corrected chi connectivity index (χ1v) is 6.08. The van der Waals surface area contributed by atoms with E-state index >= 15 is 0 Å². The van der Waals surface area contributed by atoms with E-state index in [2.05, 4.69) is 0 Å². The third kappa shape index (κ3) is 1.91. The zero-order valence-electron chi connectivity index (χ0n) is 10.8. The zero-order chi connectivity index (χ0) is 14.1. The Morgan fingerprint density at radius 2 is 1.90 bits per heavy atom. The molecule has 0 aliphatic rings. The summed E-state index contributed by atoms with van der Waals surface area (Å²) in [5.74, 6) is 0.288. The van der Waals surface area contributed by atoms with E-state index in [-0.39, 0.29) is 11.2 Å². The van der Waals surface area contributed by atoms with Gasteiger partial charge in [-0.2, -0.15) is 0 Å². The molecule has 100 valence electrons. The van der Waals surface area contributed by atoms with Crippen LogP contribution in [0, 0.1) is 0 Å². The fourth-order valence-corrected chi connectivity index (χ4v) is 2.18. The van der Waals surface area contributed by atoms with Crippen LogP contribution in [-0.4, -0.2) is 12.2 Å². The summed E-state index contributed by atoms with van der Waals surface area (Å²) in [4.78, 5) is 12.6. The van der Waals surface area contributed by atoms with E-state index in [0.717, 1.165) is 5.56 Å². The largest absolute Gasteiger partial charge is 0.508 e. The summed E-state index contributed by atoms with van der Waals surface area (Å²) in [6.07, 6.45) is 1.40. The molecular weight excluding hydrogens is 256 g/mol. The van der Waals surface area contributed by atoms with Gasteiger partial charge in [0.05, 0.1) is 12.7 Å². The summed E-state index contributed by atoms with van der Waals surface area (Å²) < 4.78 is 10.6. The van der Waals surface area contributed by atoms with E-state index in [1.54, 1.807) is 0 Å². The van der Waals surface area contributed by atoms with Crippen LogP contribution < -0.4 is 10.2 Å². The Morgan fingerprint density at radius 3 is 2.60 bits per heavy atom. The minimum atomic E-state index is -0.186. The van der Waals surface area contributed by atoms with Crippen molar-refractivity contribution in [3.05, 3.63) is 59.0 Å². The summed E-state index contributed by atoms with van der Waals surface area (Å²) in [5, 5.41) is 9.90. The van der Waals surface area contributed by atoms with Gasteiger partial charge >= 0.3 is 0 Å². The van der Waals surface area contributed by atoms with Crippen LogP contribution in [0.3, 0.4) is 0 Å². The molecular formula is C16H12O4. The zero-order valence-corrected chi connectivity index (χ0v) is 10.8. The SMILES string of the molecule is COc1cc(O)cc2occ(-c3ccccc3)c(=O)c12. The van der Waals surface area contributed by atoms with Gasteiger partial charge in [0.15, 0.2) is 0 Å². The average molecular weight is 268 g/mol. The highest BCUT2D eigenvalue weighted by Gasteiger charge is 2.14. The van der Waals surface area contributed by atoms with Gasteiger partial charge in [0.25, 0.3) is 0 Å². The van der Waals surface area contributed by atoms with Crippen LogP contribution in [0.15, 0.2) is 57.9 Å². The lowest BCUT2D eigenvalue weighted by molar-refractivity contribution is 0.411. The molecule has 1 aromatic heterocycles. The molecule has 0 spiro atoms. The van der Waals surface area contributed by atoms with Crippen molar-refractivity contribution < 1.29 is 14.3 Å². The molecule has 20 heavy (non-hydrogen) atoms. The van der Waals surface area contributed by atoms with Crippen LogP contribution in [0.25, 0.3) is 22.1 Å². The quantitative estimate of drug-likeness (QED) is 0.775. The first-order chi connectivity index (χ1) is 9.70. The summed E-state index contributed by atoms with van der Waals surface area (Å²) in [6.45, 7) is 0. The molecule has 0 atom stereocenters. The number of fused-ring (bicyclic) bond motifs is 1. The number of hydrogen-bond acceptors (Lipinski definition) is 4. The molecule has 0 bridgehead atoms. The van der Waals surface area contributed by atoms with Gasteiger partial charge in [0.2, 0.25) is 5.43 Å². The standard InChI is InChI=1S/C16H12O4/c1-19-13-7-11(17)8-14-15(13)16(18)12(9-20-14)10-5-3-2-4-6-10/h2-9,17H,1H3. The van der Waals surface area contributed by atoms with Gasteiger partial charge in [-0.25, -0.2) is 0 Å². The topological polar surface area (TPSA) is 59.7 Å². The van der Waals surface area contributed by atoms with E-state index in [9.17, 15) is 9.90 Å². The lowest BCUT2D eigenvalue weighted by atomic mass is 10.1. The Bertz CT molecular complexity index is 819. The molecule has 0 saturated carbocycles. The molecule has 1 N–H and O–H groups in total. The van der Waals surface area contributed by atoms with Gasteiger partial charge in [-0.05, 0) is 5.56 Å². The second-order valence-electron chi connectivity index (χ2n) is 4.37. The van der Waals surface area contributed by atoms with Crippen molar-refractivity contribution in [2.75, 3.05) is 7.11 Å². The van der Waals surface area contributed by atoms with Crippen molar-refractivity contribution >= 4 is 11.0 Å². The molecule has 0 unspecified atom stereocenters. The van der Waals surface area contributed by atoms with Gasteiger partial charge in [-0.3, -0.25) is 4.79 Å². The molecule has 0 radical (unpaired) electrons. The van der Waals surface area contributed by atoms with Crippen LogP contribution in [0.5, 0.6) is 11.5 Å². The first-order valence-electron chi connectivity index (χ1n) is 6.08. The summed E-state index contributed by atoms with van der Waals surface area (Å²) in [5.41, 5.74) is 1.35. The molecule has 3 rings (SSSR count). The second-order valence-corrected chi connectivity index (χ2v) is 4.37. The van der Waals surface area contributed by atoms with Crippen LogP contribution in [0.1, 0.15) is 0 Å². The molecule has 2 aromatic carbocycles. The van der Waals surface area contributed by atoms with E-state index in [0.29, 0.717) is 22.3 Å². The highest BCUT2D eigenvalue weighted by Crippen LogP contribution is 2.30. The third-order valence-electron chi connectivity index (χ3n) is 3.13. The highest BCUT2D eigenvalue weighted by atomic mass is 16.5. The summed E-state index contributed by atoms with van der Waals surface area (Å²) in [7, 11) is 1.45. The Kier molecular flexibility index (Phi) is 2.91. The number of benzene rings is 2. The number of rotatable bonds is 2. The van der Waals surface area contributed by atoms with Crippen LogP contribution in [-0.2, 0) is 0 Å². The van der Waals surface area contributed by atoms with Crippen molar-refractivity contribution in [3.63, 3.8) is 0 Å². The predicted molar refractivity (Wildman–Crippen MR) is 76.1 cm³/mol. The van der Waals surface area contributed by atoms with Crippen molar-refractivity contribution in [2.24, 2.45) is 0 Å². The molecule has 0 aliphatic carbocycles. The lowest BCUT2D eigenvalue weighted by Crippen LogP contribution is -2.06. The Balaban J connectivity index is 2.36. The number of hydrogen-bond donors (Lipinski definition) is 1. The normalized spacial score (nSPS) is 10.7. The molecule has 1 heterocycles. The third-order valence-corrected chi connectivity index (χ3v) is 3.13. The van der Waals surface area contributed by atoms with Crippen molar-refractivity contribution in [2.45, 2.75) is 0 Å². The maximum Gasteiger partial charge on any atom is 0.204 e. The Labute approximate surface area is 114 Å². The molecule has 0 saturated heterocycles. The summed E-state index contributed by atoms with van der Waals surface area (Å²) >= 11 is 0. The molecule has 4 nitrogen and oxygen atoms in total. The van der Waals surface area contributed by atoms with Crippen LogP contribution in [0.2, 0.25) is 0 Å². The van der Waals surface area contributed by atoms with Gasteiger partial charge in [0.1, 0.15) is 28.7 Å². The summed E-state index contributed by atoms with van der Waals surface area (Å²) in [6, 6.07) is 12.1. The maximum atomic E-state index is 12.6. The Morgan fingerprint density at radius 1 is 1.15 bits per heavy atom. The minimum Gasteiger partial charge on any atom is -0.508 e. The average Bonchev–Trinajstić information content (AvgIpc) is 2.47. The number of ether oxygens (including phenoxy) is 1. The van der Waals surface area contributed by atoms with Crippen molar-refractivity contribution in [1.29, 1.82) is 0 Å². The van der Waals surface area contributed by atoms with E-state index in [1.807, 2.05) is 30.3 Å². The molecule has 0 fully saturated rings. The number of phenolic OH excluding ortho intramolecular Hbond substituents is 1. The van der Waals surface area contributed by atoms with Crippen molar-refractivity contribution in [3.8, 4) is 22.6 Å².